The van der Waals surface area contributed by atoms with E-state index in [0.29, 0.717) is 19.0 Å². The molecule has 3 aromatic rings. The fourth-order valence-electron chi connectivity index (χ4n) is 2.99. The Morgan fingerprint density at radius 2 is 2.28 bits per heavy atom. The minimum atomic E-state index is -0.0979. The zero-order chi connectivity index (χ0) is 17.4. The van der Waals surface area contributed by atoms with E-state index < -0.39 is 0 Å². The topological polar surface area (TPSA) is 77.6 Å². The molecular formula is C17H18N6O2. The van der Waals surface area contributed by atoms with E-state index in [9.17, 15) is 4.79 Å². The lowest BCUT2D eigenvalue weighted by molar-refractivity contribution is -0.125. The smallest absolute Gasteiger partial charge is 0.246 e. The number of hydrogen-bond donors (Lipinski definition) is 0. The van der Waals surface area contributed by atoms with Gasteiger partial charge in [0.25, 0.3) is 0 Å². The number of hydrogen-bond acceptors (Lipinski definition) is 5. The molecule has 3 aromatic heterocycles. The number of amides is 1. The zero-order valence-electron chi connectivity index (χ0n) is 13.9. The number of aryl methyl sites for hydroxylation is 1. The van der Waals surface area contributed by atoms with Gasteiger partial charge in [0.2, 0.25) is 11.8 Å². The van der Waals surface area contributed by atoms with E-state index in [1.807, 2.05) is 25.5 Å². The summed E-state index contributed by atoms with van der Waals surface area (Å²) in [4.78, 5) is 18.1. The molecule has 1 fully saturated rings. The van der Waals surface area contributed by atoms with Crippen molar-refractivity contribution in [3.63, 3.8) is 0 Å². The maximum absolute atomic E-state index is 11.7. The Morgan fingerprint density at radius 3 is 3.04 bits per heavy atom. The molecule has 128 valence electrons. The number of carbonyl (C=O) groups is 1. The highest BCUT2D eigenvalue weighted by Crippen LogP contribution is 2.26. The van der Waals surface area contributed by atoms with Crippen molar-refractivity contribution in [2.45, 2.75) is 12.5 Å². The average molecular weight is 338 g/mol. The molecule has 0 saturated carbocycles. The predicted octanol–water partition coefficient (Wildman–Crippen LogP) is 1.30. The van der Waals surface area contributed by atoms with Crippen LogP contribution < -0.4 is 4.74 Å². The highest BCUT2D eigenvalue weighted by molar-refractivity contribution is 5.87. The van der Waals surface area contributed by atoms with Crippen molar-refractivity contribution in [2.75, 3.05) is 13.1 Å². The molecule has 4 heterocycles. The summed E-state index contributed by atoms with van der Waals surface area (Å²) in [6.07, 6.45) is 9.19. The maximum atomic E-state index is 11.7. The van der Waals surface area contributed by atoms with Crippen molar-refractivity contribution in [1.82, 2.24) is 29.3 Å². The Labute approximate surface area is 144 Å². The second kappa shape index (κ2) is 6.04. The maximum Gasteiger partial charge on any atom is 0.246 e. The lowest BCUT2D eigenvalue weighted by atomic mass is 10.2. The third-order valence-corrected chi connectivity index (χ3v) is 4.27. The molecule has 0 spiro atoms. The van der Waals surface area contributed by atoms with Crippen molar-refractivity contribution >= 4 is 11.4 Å². The van der Waals surface area contributed by atoms with Gasteiger partial charge in [0.1, 0.15) is 11.6 Å². The van der Waals surface area contributed by atoms with E-state index in [-0.39, 0.29) is 12.0 Å². The van der Waals surface area contributed by atoms with Gasteiger partial charge in [-0.3, -0.25) is 9.48 Å². The van der Waals surface area contributed by atoms with Crippen LogP contribution in [0.1, 0.15) is 6.42 Å². The van der Waals surface area contributed by atoms with Gasteiger partial charge in [-0.05, 0) is 12.1 Å². The van der Waals surface area contributed by atoms with Crippen LogP contribution in [0.15, 0.2) is 43.5 Å². The van der Waals surface area contributed by atoms with Gasteiger partial charge in [0.15, 0.2) is 0 Å². The first-order chi connectivity index (χ1) is 12.1. The summed E-state index contributed by atoms with van der Waals surface area (Å²) in [5, 5.41) is 8.48. The Morgan fingerprint density at radius 1 is 1.40 bits per heavy atom. The van der Waals surface area contributed by atoms with Crippen molar-refractivity contribution in [2.24, 2.45) is 7.05 Å². The van der Waals surface area contributed by atoms with Crippen molar-refractivity contribution in [1.29, 1.82) is 0 Å². The molecule has 0 N–H and O–H groups in total. The van der Waals surface area contributed by atoms with E-state index in [0.717, 1.165) is 23.2 Å². The molecule has 0 aliphatic carbocycles. The standard InChI is InChI=1S/C17H18N6O2/c1-3-16(24)22-7-5-13(10-22)25-17-15-4-6-18-23(15)11-14(20-17)12-8-19-21(2)9-12/h3-4,6,8-9,11,13H,1,5,7,10H2,2H3/t13-/m1/s1. The number of aromatic nitrogens is 5. The van der Waals surface area contributed by atoms with Crippen molar-refractivity contribution < 1.29 is 9.53 Å². The predicted molar refractivity (Wildman–Crippen MR) is 91.0 cm³/mol. The van der Waals surface area contributed by atoms with Gasteiger partial charge < -0.3 is 9.64 Å². The van der Waals surface area contributed by atoms with Gasteiger partial charge in [-0.25, -0.2) is 9.50 Å². The normalized spacial score (nSPS) is 17.2. The number of fused-ring (bicyclic) bond motifs is 1. The van der Waals surface area contributed by atoms with Crippen LogP contribution in [-0.2, 0) is 11.8 Å². The van der Waals surface area contributed by atoms with E-state index in [4.69, 9.17) is 4.74 Å². The van der Waals surface area contributed by atoms with Crippen molar-refractivity contribution in [3.8, 4) is 17.1 Å². The van der Waals surface area contributed by atoms with Gasteiger partial charge in [-0.15, -0.1) is 0 Å². The Hall–Kier alpha value is -3.16. The Bertz CT molecular complexity index is 944. The van der Waals surface area contributed by atoms with Crippen LogP contribution in [-0.4, -0.2) is 54.4 Å². The number of nitrogens with zero attached hydrogens (tertiary/aromatic N) is 6. The molecule has 8 heteroatoms. The summed E-state index contributed by atoms with van der Waals surface area (Å²) in [6.45, 7) is 4.72. The van der Waals surface area contributed by atoms with Crippen LogP contribution in [0.25, 0.3) is 16.8 Å². The average Bonchev–Trinajstić information content (AvgIpc) is 3.34. The number of ether oxygens (including phenoxy) is 1. The van der Waals surface area contributed by atoms with Gasteiger partial charge in [-0.2, -0.15) is 10.2 Å². The van der Waals surface area contributed by atoms with Gasteiger partial charge in [-0.1, -0.05) is 6.58 Å². The lowest BCUT2D eigenvalue weighted by Gasteiger charge is -2.16. The van der Waals surface area contributed by atoms with E-state index in [2.05, 4.69) is 21.8 Å². The molecule has 1 aliphatic rings. The highest BCUT2D eigenvalue weighted by Gasteiger charge is 2.27. The van der Waals surface area contributed by atoms with Gasteiger partial charge in [0.05, 0.1) is 30.8 Å². The fourth-order valence-corrected chi connectivity index (χ4v) is 2.99. The number of rotatable bonds is 4. The summed E-state index contributed by atoms with van der Waals surface area (Å²) in [7, 11) is 1.86. The summed E-state index contributed by atoms with van der Waals surface area (Å²) >= 11 is 0. The van der Waals surface area contributed by atoms with Gasteiger partial charge in [0, 0.05) is 31.8 Å². The van der Waals surface area contributed by atoms with E-state index in [1.165, 1.54) is 6.08 Å². The monoisotopic (exact) mass is 338 g/mol. The summed E-state index contributed by atoms with van der Waals surface area (Å²) in [5.41, 5.74) is 2.41. The van der Waals surface area contributed by atoms with Crippen LogP contribution in [0.5, 0.6) is 5.88 Å². The third-order valence-electron chi connectivity index (χ3n) is 4.27. The molecular weight excluding hydrogens is 320 g/mol. The van der Waals surface area contributed by atoms with Crippen LogP contribution in [0.3, 0.4) is 0 Å². The molecule has 25 heavy (non-hydrogen) atoms. The fraction of sp³-hybridized carbons (Fsp3) is 0.294. The summed E-state index contributed by atoms with van der Waals surface area (Å²) in [6, 6.07) is 1.86. The largest absolute Gasteiger partial charge is 0.471 e. The SMILES string of the molecule is C=CC(=O)N1CC[C@@H](Oc2nc(-c3cnn(C)c3)cn3nccc23)C1. The third kappa shape index (κ3) is 2.86. The number of likely N-dealkylation sites (tertiary alicyclic amines) is 1. The molecule has 4 rings (SSSR count). The molecule has 1 aliphatic heterocycles. The van der Waals surface area contributed by atoms with Crippen LogP contribution in [0.2, 0.25) is 0 Å². The van der Waals surface area contributed by atoms with Crippen LogP contribution in [0, 0.1) is 0 Å². The highest BCUT2D eigenvalue weighted by atomic mass is 16.5. The molecule has 1 atom stereocenters. The first-order valence-corrected chi connectivity index (χ1v) is 8.05. The first kappa shape index (κ1) is 15.4. The van der Waals surface area contributed by atoms with Gasteiger partial charge >= 0.3 is 0 Å². The first-order valence-electron chi connectivity index (χ1n) is 8.05. The lowest BCUT2D eigenvalue weighted by Crippen LogP contribution is -2.29. The summed E-state index contributed by atoms with van der Waals surface area (Å²) in [5.74, 6) is 0.439. The molecule has 0 aromatic carbocycles. The summed E-state index contributed by atoms with van der Waals surface area (Å²) < 4.78 is 9.58. The quantitative estimate of drug-likeness (QED) is 0.670. The minimum absolute atomic E-state index is 0.0716. The number of carbonyl (C=O) groups excluding carboxylic acids is 1. The minimum Gasteiger partial charge on any atom is -0.471 e. The molecule has 0 radical (unpaired) electrons. The second-order valence-electron chi connectivity index (χ2n) is 6.01. The second-order valence-corrected chi connectivity index (χ2v) is 6.01. The zero-order valence-corrected chi connectivity index (χ0v) is 13.9. The molecule has 1 saturated heterocycles. The van der Waals surface area contributed by atoms with E-state index >= 15 is 0 Å². The van der Waals surface area contributed by atoms with Crippen LogP contribution >= 0.6 is 0 Å². The van der Waals surface area contributed by atoms with Crippen LogP contribution in [0.4, 0.5) is 0 Å². The van der Waals surface area contributed by atoms with E-state index in [1.54, 1.807) is 26.5 Å². The van der Waals surface area contributed by atoms with Crippen molar-refractivity contribution in [3.05, 3.63) is 43.5 Å². The molecule has 1 amide bonds. The molecule has 0 bridgehead atoms. The molecule has 8 nitrogen and oxygen atoms in total. The Kier molecular flexibility index (Phi) is 3.72. The Balaban J connectivity index is 1.64. The molecule has 0 unspecified atom stereocenters.